The van der Waals surface area contributed by atoms with Crippen LogP contribution in [-0.2, 0) is 24.3 Å². The number of sulfonamides is 1. The normalized spacial score (nSPS) is 15.3. The first-order valence-electron chi connectivity index (χ1n) is 9.68. The maximum absolute atomic E-state index is 12.6. The Kier molecular flexibility index (Phi) is 7.70. The molecule has 0 atom stereocenters. The van der Waals surface area contributed by atoms with Crippen LogP contribution in [0.2, 0.25) is 0 Å². The van der Waals surface area contributed by atoms with Crippen LogP contribution in [-0.4, -0.2) is 55.9 Å². The monoisotopic (exact) mass is 469 g/mol. The molecule has 1 saturated heterocycles. The van der Waals surface area contributed by atoms with Crippen LogP contribution in [0.1, 0.15) is 12.8 Å². The zero-order chi connectivity index (χ0) is 23.1. The first-order valence-corrected chi connectivity index (χ1v) is 11.1. The third kappa shape index (κ3) is 5.98. The summed E-state index contributed by atoms with van der Waals surface area (Å²) in [5.41, 5.74) is 0.0164. The Morgan fingerprint density at radius 3 is 2.53 bits per heavy atom. The summed E-state index contributed by atoms with van der Waals surface area (Å²) in [4.78, 5) is 28.2. The van der Waals surface area contributed by atoms with E-state index in [1.54, 1.807) is 0 Å². The minimum absolute atomic E-state index is 0.0164. The quantitative estimate of drug-likeness (QED) is 0.590. The number of para-hydroxylation sites is 2. The molecule has 1 aromatic carbocycles. The van der Waals surface area contributed by atoms with Crippen LogP contribution >= 0.6 is 0 Å². The lowest BCUT2D eigenvalue weighted by atomic mass is 9.98. The van der Waals surface area contributed by atoms with E-state index in [9.17, 15) is 26.8 Å². The number of hydrogen-bond donors (Lipinski definition) is 1. The van der Waals surface area contributed by atoms with E-state index in [1.807, 2.05) is 0 Å². The standard InChI is InChI=1S/C20H21F2N3O6S/c21-20(22)31-17-6-2-1-5-16(17)24-18(26)13-30-19(27)14-7-10-25(11-8-14)32(28,29)15-4-3-9-23-12-15/h1-6,9,12,14,20H,7-8,10-11,13H2,(H,24,26). The molecule has 0 unspecified atom stereocenters. The lowest BCUT2D eigenvalue weighted by Crippen LogP contribution is -2.41. The van der Waals surface area contributed by atoms with Crippen molar-refractivity contribution in [1.29, 1.82) is 0 Å². The van der Waals surface area contributed by atoms with Crippen LogP contribution in [0.3, 0.4) is 0 Å². The third-order valence-electron chi connectivity index (χ3n) is 4.78. The van der Waals surface area contributed by atoms with Gasteiger partial charge in [0.1, 0.15) is 10.6 Å². The van der Waals surface area contributed by atoms with Gasteiger partial charge in [0, 0.05) is 25.5 Å². The SMILES string of the molecule is O=C(COC(=O)C1CCN(S(=O)(=O)c2cccnc2)CC1)Nc1ccccc1OC(F)F. The van der Waals surface area contributed by atoms with Gasteiger partial charge in [0.05, 0.1) is 11.6 Å². The topological polar surface area (TPSA) is 115 Å². The highest BCUT2D eigenvalue weighted by atomic mass is 32.2. The van der Waals surface area contributed by atoms with Gasteiger partial charge in [-0.3, -0.25) is 14.6 Å². The molecule has 1 N–H and O–H groups in total. The molecule has 32 heavy (non-hydrogen) atoms. The summed E-state index contributed by atoms with van der Waals surface area (Å²) in [6, 6.07) is 8.60. The molecule has 1 fully saturated rings. The zero-order valence-corrected chi connectivity index (χ0v) is 17.6. The van der Waals surface area contributed by atoms with Gasteiger partial charge in [-0.2, -0.15) is 13.1 Å². The average molecular weight is 469 g/mol. The Morgan fingerprint density at radius 2 is 1.88 bits per heavy atom. The number of piperidine rings is 1. The minimum Gasteiger partial charge on any atom is -0.455 e. The zero-order valence-electron chi connectivity index (χ0n) is 16.8. The fourth-order valence-electron chi connectivity index (χ4n) is 3.19. The maximum atomic E-state index is 12.6. The van der Waals surface area contributed by atoms with Crippen molar-refractivity contribution in [1.82, 2.24) is 9.29 Å². The van der Waals surface area contributed by atoms with Crippen LogP contribution in [0, 0.1) is 5.92 Å². The molecule has 9 nitrogen and oxygen atoms in total. The number of benzene rings is 1. The van der Waals surface area contributed by atoms with Crippen molar-refractivity contribution in [3.8, 4) is 5.75 Å². The van der Waals surface area contributed by atoms with Gasteiger partial charge < -0.3 is 14.8 Å². The molecule has 1 aliphatic rings. The van der Waals surface area contributed by atoms with Crippen molar-refractivity contribution < 1.29 is 36.3 Å². The minimum atomic E-state index is -3.69. The summed E-state index contributed by atoms with van der Waals surface area (Å²) in [7, 11) is -3.69. The van der Waals surface area contributed by atoms with Gasteiger partial charge >= 0.3 is 12.6 Å². The summed E-state index contributed by atoms with van der Waals surface area (Å²) in [5, 5.41) is 2.35. The first kappa shape index (κ1) is 23.5. The van der Waals surface area contributed by atoms with Crippen molar-refractivity contribution in [3.63, 3.8) is 0 Å². The molecule has 1 amide bonds. The van der Waals surface area contributed by atoms with E-state index in [1.165, 1.54) is 53.1 Å². The van der Waals surface area contributed by atoms with Crippen molar-refractivity contribution in [2.24, 2.45) is 5.92 Å². The van der Waals surface area contributed by atoms with E-state index in [-0.39, 0.29) is 42.3 Å². The summed E-state index contributed by atoms with van der Waals surface area (Å²) >= 11 is 0. The number of nitrogens with one attached hydrogen (secondary N) is 1. The number of nitrogens with zero attached hydrogens (tertiary/aromatic N) is 2. The first-order chi connectivity index (χ1) is 15.3. The van der Waals surface area contributed by atoms with Crippen molar-refractivity contribution in [2.45, 2.75) is 24.3 Å². The maximum Gasteiger partial charge on any atom is 0.387 e. The number of pyridine rings is 1. The number of halogens is 2. The van der Waals surface area contributed by atoms with Crippen molar-refractivity contribution in [2.75, 3.05) is 25.0 Å². The Bertz CT molecular complexity index is 1040. The van der Waals surface area contributed by atoms with Gasteiger partial charge in [-0.15, -0.1) is 0 Å². The number of ether oxygens (including phenoxy) is 2. The Labute approximate surface area is 183 Å². The largest absolute Gasteiger partial charge is 0.455 e. The lowest BCUT2D eigenvalue weighted by Gasteiger charge is -2.29. The van der Waals surface area contributed by atoms with Crippen LogP contribution in [0.4, 0.5) is 14.5 Å². The molecule has 0 saturated carbocycles. The van der Waals surface area contributed by atoms with E-state index in [4.69, 9.17) is 4.74 Å². The predicted molar refractivity (Wildman–Crippen MR) is 108 cm³/mol. The molecule has 12 heteroatoms. The molecule has 1 aromatic heterocycles. The van der Waals surface area contributed by atoms with Gasteiger partial charge in [-0.1, -0.05) is 12.1 Å². The summed E-state index contributed by atoms with van der Waals surface area (Å²) < 4.78 is 60.7. The number of alkyl halides is 2. The Hall–Kier alpha value is -3.12. The van der Waals surface area contributed by atoms with Crippen LogP contribution in [0.5, 0.6) is 5.75 Å². The number of amides is 1. The highest BCUT2D eigenvalue weighted by Gasteiger charge is 2.33. The van der Waals surface area contributed by atoms with Crippen LogP contribution in [0.15, 0.2) is 53.7 Å². The van der Waals surface area contributed by atoms with Crippen LogP contribution < -0.4 is 10.1 Å². The second-order valence-electron chi connectivity index (χ2n) is 6.90. The number of carbonyl (C=O) groups excluding carboxylic acids is 2. The number of aromatic nitrogens is 1. The lowest BCUT2D eigenvalue weighted by molar-refractivity contribution is -0.152. The molecule has 3 rings (SSSR count). The molecule has 2 aromatic rings. The smallest absolute Gasteiger partial charge is 0.387 e. The van der Waals surface area contributed by atoms with E-state index >= 15 is 0 Å². The van der Waals surface area contributed by atoms with Gasteiger partial charge in [0.25, 0.3) is 5.91 Å². The van der Waals surface area contributed by atoms with E-state index in [2.05, 4.69) is 15.0 Å². The molecular weight excluding hydrogens is 448 g/mol. The van der Waals surface area contributed by atoms with Gasteiger partial charge in [-0.05, 0) is 37.1 Å². The van der Waals surface area contributed by atoms with E-state index in [0.717, 1.165) is 0 Å². The fraction of sp³-hybridized carbons (Fsp3) is 0.350. The number of hydrogen-bond acceptors (Lipinski definition) is 7. The third-order valence-corrected chi connectivity index (χ3v) is 6.66. The molecule has 0 aliphatic carbocycles. The second kappa shape index (κ2) is 10.5. The predicted octanol–water partition coefficient (Wildman–Crippen LogP) is 2.27. The highest BCUT2D eigenvalue weighted by Crippen LogP contribution is 2.26. The summed E-state index contributed by atoms with van der Waals surface area (Å²) in [6.07, 6.45) is 3.22. The molecule has 172 valence electrons. The average Bonchev–Trinajstić information content (AvgIpc) is 2.79. The van der Waals surface area contributed by atoms with Gasteiger partial charge in [-0.25, -0.2) is 8.42 Å². The Morgan fingerprint density at radius 1 is 1.16 bits per heavy atom. The number of carbonyl (C=O) groups is 2. The van der Waals surface area contributed by atoms with Crippen molar-refractivity contribution >= 4 is 27.6 Å². The molecule has 0 radical (unpaired) electrons. The number of rotatable bonds is 8. The fourth-order valence-corrected chi connectivity index (χ4v) is 4.62. The molecule has 2 heterocycles. The molecule has 1 aliphatic heterocycles. The van der Waals surface area contributed by atoms with Gasteiger partial charge in [0.2, 0.25) is 10.0 Å². The second-order valence-corrected chi connectivity index (χ2v) is 8.84. The summed E-state index contributed by atoms with van der Waals surface area (Å²) in [5.74, 6) is -2.13. The molecule has 0 spiro atoms. The number of anilines is 1. The summed E-state index contributed by atoms with van der Waals surface area (Å²) in [6.45, 7) is -3.42. The van der Waals surface area contributed by atoms with E-state index in [0.29, 0.717) is 0 Å². The molecular formula is C20H21F2N3O6S. The van der Waals surface area contributed by atoms with Crippen molar-refractivity contribution in [3.05, 3.63) is 48.8 Å². The number of esters is 1. The van der Waals surface area contributed by atoms with E-state index < -0.39 is 41.0 Å². The van der Waals surface area contributed by atoms with Gasteiger partial charge in [0.15, 0.2) is 6.61 Å². The molecule has 0 bridgehead atoms. The Balaban J connectivity index is 1.48. The van der Waals surface area contributed by atoms with Crippen LogP contribution in [0.25, 0.3) is 0 Å². The highest BCUT2D eigenvalue weighted by molar-refractivity contribution is 7.89.